The highest BCUT2D eigenvalue weighted by Gasteiger charge is 2.59. The number of carbonyl (C=O) groups is 1. The first kappa shape index (κ1) is 21.7. The molecule has 1 aromatic carbocycles. The molecule has 3 atom stereocenters. The number of hydrogen-bond donors (Lipinski definition) is 0. The van der Waals surface area contributed by atoms with Crippen LogP contribution in [0.5, 0.6) is 5.75 Å². The van der Waals surface area contributed by atoms with E-state index in [0.29, 0.717) is 0 Å². The number of hydrogen-bond acceptors (Lipinski definition) is 7. The molecule has 7 nitrogen and oxygen atoms in total. The standard InChI is InChI=1S/C16H18I2O7S2/c1-16(2)10-3-4-11(16)14(19)9(10)7-26(20,21)25-8-5-12(17)15(13(18)6-8)27(22,23)24/h5-6,9-11H,3-4,7H2,1-2H3,(H,22,23,24)/p-1. The van der Waals surface area contributed by atoms with E-state index in [4.69, 9.17) is 4.18 Å². The fourth-order valence-corrected chi connectivity index (χ4v) is 9.67. The predicted octanol–water partition coefficient (Wildman–Crippen LogP) is 2.76. The van der Waals surface area contributed by atoms with Crippen LogP contribution in [-0.4, -0.2) is 32.9 Å². The van der Waals surface area contributed by atoms with Gasteiger partial charge in [0.2, 0.25) is 0 Å². The largest absolute Gasteiger partial charge is 0.744 e. The Bertz CT molecular complexity index is 992. The summed E-state index contributed by atoms with van der Waals surface area (Å²) in [7, 11) is -8.74. The molecular formula is C16H17I2O7S2-. The van der Waals surface area contributed by atoms with Crippen LogP contribution >= 0.6 is 45.2 Å². The Balaban J connectivity index is 1.83. The summed E-state index contributed by atoms with van der Waals surface area (Å²) in [5.41, 5.74) is -0.202. The minimum atomic E-state index is -4.68. The van der Waals surface area contributed by atoms with Gasteiger partial charge in [0.05, 0.1) is 10.6 Å². The second-order valence-corrected chi connectivity index (χ2v) is 12.8. The van der Waals surface area contributed by atoms with E-state index in [1.54, 1.807) is 45.2 Å². The predicted molar refractivity (Wildman–Crippen MR) is 113 cm³/mol. The number of halogens is 2. The van der Waals surface area contributed by atoms with Crippen molar-refractivity contribution in [3.05, 3.63) is 19.3 Å². The molecule has 0 aromatic heterocycles. The Labute approximate surface area is 185 Å². The average Bonchev–Trinajstić information content (AvgIpc) is 2.83. The molecule has 3 unspecified atom stereocenters. The molecule has 0 N–H and O–H groups in total. The summed E-state index contributed by atoms with van der Waals surface area (Å²) >= 11 is 3.30. The molecule has 0 radical (unpaired) electrons. The van der Waals surface area contributed by atoms with E-state index in [9.17, 15) is 26.2 Å². The molecule has 2 aliphatic carbocycles. The Morgan fingerprint density at radius 2 is 1.70 bits per heavy atom. The Morgan fingerprint density at radius 1 is 1.15 bits per heavy atom. The van der Waals surface area contributed by atoms with E-state index in [1.165, 1.54) is 12.1 Å². The maximum atomic E-state index is 12.6. The van der Waals surface area contributed by atoms with Crippen molar-refractivity contribution in [2.24, 2.45) is 23.2 Å². The minimum absolute atomic E-state index is 0.0135. The van der Waals surface area contributed by atoms with Gasteiger partial charge in [-0.15, -0.1) is 0 Å². The molecule has 2 saturated carbocycles. The van der Waals surface area contributed by atoms with E-state index < -0.39 is 36.8 Å². The van der Waals surface area contributed by atoms with Crippen LogP contribution in [-0.2, 0) is 25.0 Å². The lowest BCUT2D eigenvalue weighted by Crippen LogP contribution is -2.31. The van der Waals surface area contributed by atoms with Gasteiger partial charge in [-0.05, 0) is 81.5 Å². The zero-order valence-corrected chi connectivity index (χ0v) is 20.4. The van der Waals surface area contributed by atoms with Gasteiger partial charge in [-0.2, -0.15) is 8.42 Å². The molecule has 3 rings (SSSR count). The number of benzene rings is 1. The first-order chi connectivity index (χ1) is 12.2. The summed E-state index contributed by atoms with van der Waals surface area (Å²) in [5, 5.41) is 0. The van der Waals surface area contributed by atoms with Crippen molar-refractivity contribution >= 4 is 71.2 Å². The quantitative estimate of drug-likeness (QED) is 0.277. The smallest absolute Gasteiger partial charge is 0.309 e. The van der Waals surface area contributed by atoms with Crippen molar-refractivity contribution in [2.75, 3.05) is 5.75 Å². The summed E-state index contributed by atoms with van der Waals surface area (Å²) in [6, 6.07) is 2.38. The topological polar surface area (TPSA) is 118 Å². The van der Waals surface area contributed by atoms with Gasteiger partial charge >= 0.3 is 10.1 Å². The fraction of sp³-hybridized carbons (Fsp3) is 0.562. The highest BCUT2D eigenvalue weighted by molar-refractivity contribution is 14.1. The van der Waals surface area contributed by atoms with Crippen molar-refractivity contribution in [1.82, 2.24) is 0 Å². The molecule has 0 heterocycles. The number of carbonyl (C=O) groups excluding carboxylic acids is 1. The summed E-state index contributed by atoms with van der Waals surface area (Å²) in [4.78, 5) is 12.1. The monoisotopic (exact) mass is 639 g/mol. The van der Waals surface area contributed by atoms with Gasteiger partial charge in [0.1, 0.15) is 21.7 Å². The third kappa shape index (κ3) is 4.03. The Kier molecular flexibility index (Phi) is 5.68. The van der Waals surface area contributed by atoms with Crippen molar-refractivity contribution in [3.63, 3.8) is 0 Å². The van der Waals surface area contributed by atoms with Crippen molar-refractivity contribution in [2.45, 2.75) is 31.6 Å². The average molecular weight is 639 g/mol. The molecule has 11 heteroatoms. The summed E-state index contributed by atoms with van der Waals surface area (Å²) in [6.07, 6.45) is 1.63. The van der Waals surface area contributed by atoms with E-state index in [2.05, 4.69) is 0 Å². The zero-order chi connectivity index (χ0) is 20.4. The lowest BCUT2D eigenvalue weighted by Gasteiger charge is -2.25. The Morgan fingerprint density at radius 3 is 2.15 bits per heavy atom. The van der Waals surface area contributed by atoms with Gasteiger partial charge in [-0.1, -0.05) is 13.8 Å². The third-order valence-corrected chi connectivity index (χ3v) is 10.2. The lowest BCUT2D eigenvalue weighted by molar-refractivity contribution is -0.125. The van der Waals surface area contributed by atoms with Gasteiger partial charge in [0.25, 0.3) is 0 Å². The van der Waals surface area contributed by atoms with Gasteiger partial charge < -0.3 is 8.74 Å². The van der Waals surface area contributed by atoms with Crippen molar-refractivity contribution in [1.29, 1.82) is 0 Å². The molecule has 27 heavy (non-hydrogen) atoms. The molecular weight excluding hydrogens is 622 g/mol. The van der Waals surface area contributed by atoms with Crippen LogP contribution in [0.3, 0.4) is 0 Å². The van der Waals surface area contributed by atoms with Crippen LogP contribution in [0.4, 0.5) is 0 Å². The van der Waals surface area contributed by atoms with Crippen molar-refractivity contribution in [3.8, 4) is 5.75 Å². The molecule has 1 aromatic rings. The first-order valence-electron chi connectivity index (χ1n) is 8.15. The van der Waals surface area contributed by atoms with E-state index in [0.717, 1.165) is 12.8 Å². The number of fused-ring (bicyclic) bond motifs is 2. The third-order valence-electron chi connectivity index (χ3n) is 5.64. The summed E-state index contributed by atoms with van der Waals surface area (Å²) in [5.74, 6) is -1.16. The van der Waals surface area contributed by atoms with E-state index in [-0.39, 0.29) is 35.9 Å². The Hall–Kier alpha value is 0.01000. The highest BCUT2D eigenvalue weighted by Crippen LogP contribution is 2.58. The number of ketones is 1. The fourth-order valence-electron chi connectivity index (χ4n) is 4.46. The number of rotatable bonds is 5. The molecule has 0 aliphatic heterocycles. The molecule has 150 valence electrons. The van der Waals surface area contributed by atoms with Crippen LogP contribution in [0.25, 0.3) is 0 Å². The normalized spacial score (nSPS) is 27.1. The summed E-state index contributed by atoms with van der Waals surface area (Å²) in [6.45, 7) is 4.01. The molecule has 0 spiro atoms. The van der Waals surface area contributed by atoms with Gasteiger partial charge in [0.15, 0.2) is 0 Å². The summed E-state index contributed by atoms with van der Waals surface area (Å²) < 4.78 is 64.3. The molecule has 2 bridgehead atoms. The first-order valence-corrected chi connectivity index (χ1v) is 13.3. The van der Waals surface area contributed by atoms with Crippen LogP contribution in [0.1, 0.15) is 26.7 Å². The highest BCUT2D eigenvalue weighted by atomic mass is 127. The maximum Gasteiger partial charge on any atom is 0.309 e. The zero-order valence-electron chi connectivity index (χ0n) is 14.4. The van der Waals surface area contributed by atoms with Crippen LogP contribution in [0.15, 0.2) is 17.0 Å². The second kappa shape index (κ2) is 7.06. The van der Waals surface area contributed by atoms with Gasteiger partial charge in [-0.25, -0.2) is 8.42 Å². The molecule has 0 amide bonds. The molecule has 2 fully saturated rings. The molecule has 0 saturated heterocycles. The van der Waals surface area contributed by atoms with Crippen molar-refractivity contribution < 1.29 is 30.4 Å². The second-order valence-electron chi connectivity index (χ2n) is 7.54. The molecule has 2 aliphatic rings. The lowest BCUT2D eigenvalue weighted by atomic mass is 9.80. The van der Waals surface area contributed by atoms with Crippen LogP contribution in [0, 0.1) is 30.3 Å². The van der Waals surface area contributed by atoms with Gasteiger partial charge in [-0.3, -0.25) is 4.79 Å². The number of Topliss-reactive ketones (excluding diaryl/α,β-unsaturated/α-hetero) is 1. The maximum absolute atomic E-state index is 12.6. The van der Waals surface area contributed by atoms with Crippen LogP contribution in [0.2, 0.25) is 0 Å². The SMILES string of the molecule is CC1(C)C2CCC1C(CS(=O)(=O)Oc1cc(I)c(S(=O)(=O)[O-])c(I)c1)C2=O. The van der Waals surface area contributed by atoms with E-state index >= 15 is 0 Å². The van der Waals surface area contributed by atoms with E-state index in [1.807, 2.05) is 13.8 Å². The van der Waals surface area contributed by atoms with Gasteiger partial charge in [0, 0.05) is 19.0 Å². The minimum Gasteiger partial charge on any atom is -0.744 e. The van der Waals surface area contributed by atoms with Crippen LogP contribution < -0.4 is 4.18 Å².